The van der Waals surface area contributed by atoms with E-state index in [0.29, 0.717) is 6.04 Å². The Bertz CT molecular complexity index is 175. The van der Waals surface area contributed by atoms with Crippen LogP contribution in [0.5, 0.6) is 0 Å². The normalized spacial score (nSPS) is 13.5. The minimum atomic E-state index is 0.169. The van der Waals surface area contributed by atoms with Crippen molar-refractivity contribution in [2.75, 3.05) is 40.0 Å². The highest BCUT2D eigenvalue weighted by Crippen LogP contribution is 2.09. The molecule has 0 saturated heterocycles. The molecule has 2 N–H and O–H groups in total. The van der Waals surface area contributed by atoms with Crippen molar-refractivity contribution >= 4 is 0 Å². The Morgan fingerprint density at radius 1 is 1.22 bits per heavy atom. The molecule has 0 spiro atoms. The van der Waals surface area contributed by atoms with Crippen molar-refractivity contribution in [3.8, 4) is 0 Å². The molecule has 18 heavy (non-hydrogen) atoms. The summed E-state index contributed by atoms with van der Waals surface area (Å²) >= 11 is 0. The summed E-state index contributed by atoms with van der Waals surface area (Å²) in [5.41, 5.74) is 0. The lowest BCUT2D eigenvalue weighted by molar-refractivity contribution is 0.0955. The second kappa shape index (κ2) is 11.9. The van der Waals surface area contributed by atoms with Gasteiger partial charge in [-0.1, -0.05) is 20.8 Å². The van der Waals surface area contributed by atoms with Crippen LogP contribution in [0.3, 0.4) is 0 Å². The van der Waals surface area contributed by atoms with Crippen molar-refractivity contribution in [3.63, 3.8) is 0 Å². The first-order chi connectivity index (χ1) is 8.73. The maximum Gasteiger partial charge on any atom is 0.0597 e. The molecule has 0 rings (SSSR count). The Kier molecular flexibility index (Phi) is 11.8. The lowest BCUT2D eigenvalue weighted by Crippen LogP contribution is -2.48. The van der Waals surface area contributed by atoms with E-state index in [4.69, 9.17) is 4.74 Å². The first-order valence-electron chi connectivity index (χ1n) is 7.30. The van der Waals surface area contributed by atoms with Gasteiger partial charge in [0.25, 0.3) is 0 Å². The number of aliphatic hydroxyl groups excluding tert-OH is 1. The quantitative estimate of drug-likeness (QED) is 0.558. The lowest BCUT2D eigenvalue weighted by Gasteiger charge is -2.33. The third-order valence-corrected chi connectivity index (χ3v) is 3.40. The summed E-state index contributed by atoms with van der Waals surface area (Å²) < 4.78 is 5.18. The van der Waals surface area contributed by atoms with Gasteiger partial charge in [0.1, 0.15) is 0 Å². The molecular weight excluding hydrogens is 228 g/mol. The highest BCUT2D eigenvalue weighted by Gasteiger charge is 2.18. The molecule has 0 aromatic carbocycles. The average molecular weight is 260 g/mol. The number of nitrogens with zero attached hydrogens (tertiary/aromatic N) is 1. The maximum atomic E-state index is 9.43. The summed E-state index contributed by atoms with van der Waals surface area (Å²) in [6.45, 7) is 10.3. The highest BCUT2D eigenvalue weighted by molar-refractivity contribution is 4.76. The fraction of sp³-hybridized carbons (Fsp3) is 1.00. The van der Waals surface area contributed by atoms with Crippen molar-refractivity contribution in [1.82, 2.24) is 10.2 Å². The van der Waals surface area contributed by atoms with Crippen molar-refractivity contribution in [1.29, 1.82) is 0 Å². The van der Waals surface area contributed by atoms with Crippen LogP contribution in [-0.4, -0.2) is 62.0 Å². The smallest absolute Gasteiger partial charge is 0.0597 e. The van der Waals surface area contributed by atoms with Gasteiger partial charge >= 0.3 is 0 Å². The average Bonchev–Trinajstić information content (AvgIpc) is 2.41. The first kappa shape index (κ1) is 17.8. The third kappa shape index (κ3) is 7.31. The zero-order valence-corrected chi connectivity index (χ0v) is 12.6. The van der Waals surface area contributed by atoms with E-state index in [-0.39, 0.29) is 12.6 Å². The number of hydrogen-bond acceptors (Lipinski definition) is 4. The number of nitrogens with one attached hydrogen (secondary N) is 1. The molecule has 4 heteroatoms. The summed E-state index contributed by atoms with van der Waals surface area (Å²) in [6, 6.07) is 0.750. The molecule has 0 fully saturated rings. The van der Waals surface area contributed by atoms with E-state index in [2.05, 4.69) is 31.0 Å². The molecular formula is C14H32N2O2. The van der Waals surface area contributed by atoms with E-state index in [1.807, 2.05) is 0 Å². The van der Waals surface area contributed by atoms with Crippen LogP contribution in [0.4, 0.5) is 0 Å². The summed E-state index contributed by atoms with van der Waals surface area (Å²) in [5, 5.41) is 12.8. The molecule has 0 aromatic heterocycles. The van der Waals surface area contributed by atoms with Gasteiger partial charge in [-0.05, 0) is 25.8 Å². The van der Waals surface area contributed by atoms with Gasteiger partial charge in [-0.25, -0.2) is 0 Å². The van der Waals surface area contributed by atoms with Gasteiger partial charge in [-0.2, -0.15) is 0 Å². The Hall–Kier alpha value is -0.160. The minimum Gasteiger partial charge on any atom is -0.395 e. The maximum absolute atomic E-state index is 9.43. The van der Waals surface area contributed by atoms with Gasteiger partial charge in [0.2, 0.25) is 0 Å². The zero-order valence-electron chi connectivity index (χ0n) is 12.6. The van der Waals surface area contributed by atoms with E-state index >= 15 is 0 Å². The third-order valence-electron chi connectivity index (χ3n) is 3.40. The SMILES string of the molecule is CCCNC(CO)CN(CCOC)C(CC)CC. The second-order valence-electron chi connectivity index (χ2n) is 4.79. The number of hydrogen-bond donors (Lipinski definition) is 2. The minimum absolute atomic E-state index is 0.169. The van der Waals surface area contributed by atoms with Crippen LogP contribution < -0.4 is 5.32 Å². The predicted octanol–water partition coefficient (Wildman–Crippen LogP) is 1.48. The van der Waals surface area contributed by atoms with Crippen LogP contribution in [0.2, 0.25) is 0 Å². The fourth-order valence-corrected chi connectivity index (χ4v) is 2.25. The summed E-state index contributed by atoms with van der Waals surface area (Å²) in [5.74, 6) is 0. The largest absolute Gasteiger partial charge is 0.395 e. The Balaban J connectivity index is 4.33. The zero-order chi connectivity index (χ0) is 13.8. The first-order valence-corrected chi connectivity index (χ1v) is 7.30. The summed E-state index contributed by atoms with van der Waals surface area (Å²) in [7, 11) is 1.74. The second-order valence-corrected chi connectivity index (χ2v) is 4.79. The van der Waals surface area contributed by atoms with Crippen LogP contribution in [0.15, 0.2) is 0 Å². The lowest BCUT2D eigenvalue weighted by atomic mass is 10.1. The van der Waals surface area contributed by atoms with Crippen molar-refractivity contribution < 1.29 is 9.84 Å². The Morgan fingerprint density at radius 3 is 2.33 bits per heavy atom. The van der Waals surface area contributed by atoms with Crippen LogP contribution >= 0.6 is 0 Å². The Morgan fingerprint density at radius 2 is 1.89 bits per heavy atom. The fourth-order valence-electron chi connectivity index (χ4n) is 2.25. The van der Waals surface area contributed by atoms with Gasteiger partial charge in [0, 0.05) is 32.3 Å². The highest BCUT2D eigenvalue weighted by atomic mass is 16.5. The molecule has 110 valence electrons. The van der Waals surface area contributed by atoms with Gasteiger partial charge < -0.3 is 15.2 Å². The van der Waals surface area contributed by atoms with Crippen molar-refractivity contribution in [3.05, 3.63) is 0 Å². The Labute approximate surface area is 113 Å². The molecule has 0 radical (unpaired) electrons. The van der Waals surface area contributed by atoms with Crippen LogP contribution in [0, 0.1) is 0 Å². The van der Waals surface area contributed by atoms with E-state index < -0.39 is 0 Å². The van der Waals surface area contributed by atoms with Gasteiger partial charge in [0.05, 0.1) is 13.2 Å². The molecule has 0 saturated carbocycles. The van der Waals surface area contributed by atoms with E-state index in [0.717, 1.165) is 45.5 Å². The standard InChI is InChI=1S/C14H32N2O2/c1-5-8-15-13(12-17)11-16(9-10-18-4)14(6-2)7-3/h13-15,17H,5-12H2,1-4H3. The molecule has 0 aliphatic carbocycles. The molecule has 0 bridgehead atoms. The van der Waals surface area contributed by atoms with Crippen LogP contribution in [0.25, 0.3) is 0 Å². The van der Waals surface area contributed by atoms with Gasteiger partial charge in [0.15, 0.2) is 0 Å². The van der Waals surface area contributed by atoms with E-state index in [1.54, 1.807) is 7.11 Å². The summed E-state index contributed by atoms with van der Waals surface area (Å²) in [4.78, 5) is 2.44. The number of aliphatic hydroxyl groups is 1. The molecule has 0 amide bonds. The van der Waals surface area contributed by atoms with Gasteiger partial charge in [-0.15, -0.1) is 0 Å². The van der Waals surface area contributed by atoms with Crippen LogP contribution in [0.1, 0.15) is 40.0 Å². The van der Waals surface area contributed by atoms with Crippen molar-refractivity contribution in [2.45, 2.75) is 52.1 Å². The molecule has 0 aliphatic heterocycles. The topological polar surface area (TPSA) is 44.7 Å². The van der Waals surface area contributed by atoms with Crippen LogP contribution in [-0.2, 0) is 4.74 Å². The van der Waals surface area contributed by atoms with Gasteiger partial charge in [-0.3, -0.25) is 4.90 Å². The molecule has 0 heterocycles. The molecule has 1 unspecified atom stereocenters. The monoisotopic (exact) mass is 260 g/mol. The predicted molar refractivity (Wildman–Crippen MR) is 77.0 cm³/mol. The van der Waals surface area contributed by atoms with E-state index in [9.17, 15) is 5.11 Å². The number of ether oxygens (including phenoxy) is 1. The number of methoxy groups -OCH3 is 1. The molecule has 1 atom stereocenters. The van der Waals surface area contributed by atoms with Crippen molar-refractivity contribution in [2.24, 2.45) is 0 Å². The van der Waals surface area contributed by atoms with E-state index in [1.165, 1.54) is 0 Å². The molecule has 4 nitrogen and oxygen atoms in total. The summed E-state index contributed by atoms with van der Waals surface area (Å²) in [6.07, 6.45) is 3.39. The molecule has 0 aliphatic rings. The number of rotatable bonds is 12. The molecule has 0 aromatic rings.